The fraction of sp³-hybridized carbons (Fsp3) is 0.318. The first kappa shape index (κ1) is 17.3. The summed E-state index contributed by atoms with van der Waals surface area (Å²) < 4.78 is 19.4. The number of halogens is 2. The first-order chi connectivity index (χ1) is 12.7. The van der Waals surface area contributed by atoms with Crippen molar-refractivity contribution in [1.82, 2.24) is 4.98 Å². The van der Waals surface area contributed by atoms with Crippen molar-refractivity contribution in [3.8, 4) is 11.5 Å². The van der Waals surface area contributed by atoms with E-state index in [0.717, 1.165) is 35.4 Å². The molecule has 1 aliphatic carbocycles. The van der Waals surface area contributed by atoms with E-state index in [4.69, 9.17) is 21.0 Å². The van der Waals surface area contributed by atoms with Gasteiger partial charge in [-0.15, -0.1) is 0 Å². The molecule has 134 valence electrons. The predicted molar refractivity (Wildman–Crippen MR) is 102 cm³/mol. The fourth-order valence-electron chi connectivity index (χ4n) is 3.69. The van der Waals surface area contributed by atoms with E-state index in [2.05, 4.69) is 0 Å². The molecule has 3 aromatic rings. The number of rotatable bonds is 4. The van der Waals surface area contributed by atoms with Crippen molar-refractivity contribution in [3.63, 3.8) is 0 Å². The van der Waals surface area contributed by atoms with Gasteiger partial charge in [-0.2, -0.15) is 0 Å². The van der Waals surface area contributed by atoms with E-state index in [9.17, 15) is 4.39 Å². The molecular formula is C22H21ClFNO. The molecule has 4 rings (SSSR count). The van der Waals surface area contributed by atoms with Crippen LogP contribution in [0.15, 0.2) is 52.9 Å². The van der Waals surface area contributed by atoms with Crippen LogP contribution in [0.25, 0.3) is 11.5 Å². The van der Waals surface area contributed by atoms with Gasteiger partial charge in [0.15, 0.2) is 0 Å². The fourth-order valence-corrected chi connectivity index (χ4v) is 3.81. The number of hydrogen-bond acceptors (Lipinski definition) is 2. The predicted octanol–water partition coefficient (Wildman–Crippen LogP) is 6.77. The van der Waals surface area contributed by atoms with E-state index in [1.807, 2.05) is 36.4 Å². The smallest absolute Gasteiger partial charge is 0.226 e. The van der Waals surface area contributed by atoms with Crippen LogP contribution in [0.1, 0.15) is 55.0 Å². The van der Waals surface area contributed by atoms with Crippen molar-refractivity contribution in [2.24, 2.45) is 0 Å². The highest BCUT2D eigenvalue weighted by molar-refractivity contribution is 6.30. The van der Waals surface area contributed by atoms with Crippen molar-refractivity contribution in [3.05, 3.63) is 76.4 Å². The minimum Gasteiger partial charge on any atom is -0.441 e. The Kier molecular flexibility index (Phi) is 5.07. The summed E-state index contributed by atoms with van der Waals surface area (Å²) in [6.45, 7) is 0. The summed E-state index contributed by atoms with van der Waals surface area (Å²) in [6.07, 6.45) is 6.72. The highest BCUT2D eigenvalue weighted by atomic mass is 35.5. The molecule has 2 aromatic carbocycles. The second-order valence-electron chi connectivity index (χ2n) is 6.97. The molecule has 1 saturated carbocycles. The van der Waals surface area contributed by atoms with Gasteiger partial charge in [-0.05, 0) is 54.8 Å². The van der Waals surface area contributed by atoms with Crippen LogP contribution >= 0.6 is 11.6 Å². The highest BCUT2D eigenvalue weighted by Gasteiger charge is 2.24. The van der Waals surface area contributed by atoms with Gasteiger partial charge in [0.05, 0.1) is 5.69 Å². The largest absolute Gasteiger partial charge is 0.441 e. The quantitative estimate of drug-likeness (QED) is 0.507. The summed E-state index contributed by atoms with van der Waals surface area (Å²) in [5, 5.41) is 0.694. The maximum atomic E-state index is 13.2. The Morgan fingerprint density at radius 2 is 1.65 bits per heavy atom. The highest BCUT2D eigenvalue weighted by Crippen LogP contribution is 2.37. The van der Waals surface area contributed by atoms with Crippen LogP contribution in [0.4, 0.5) is 4.39 Å². The first-order valence-corrected chi connectivity index (χ1v) is 9.57. The van der Waals surface area contributed by atoms with E-state index in [0.29, 0.717) is 23.3 Å². The molecule has 0 spiro atoms. The second-order valence-corrected chi connectivity index (χ2v) is 7.41. The third-order valence-electron chi connectivity index (χ3n) is 5.09. The summed E-state index contributed by atoms with van der Waals surface area (Å²) in [6, 6.07) is 14.2. The number of oxazole rings is 1. The Morgan fingerprint density at radius 1 is 0.962 bits per heavy atom. The van der Waals surface area contributed by atoms with E-state index in [1.54, 1.807) is 0 Å². The molecule has 0 aliphatic heterocycles. The lowest BCUT2D eigenvalue weighted by Crippen LogP contribution is -2.07. The first-order valence-electron chi connectivity index (χ1n) is 9.19. The Balaban J connectivity index is 1.69. The van der Waals surface area contributed by atoms with Crippen molar-refractivity contribution in [1.29, 1.82) is 0 Å². The molecule has 0 N–H and O–H groups in total. The van der Waals surface area contributed by atoms with E-state index >= 15 is 0 Å². The molecule has 1 fully saturated rings. The third kappa shape index (κ3) is 3.83. The monoisotopic (exact) mass is 369 g/mol. The van der Waals surface area contributed by atoms with Crippen LogP contribution in [-0.4, -0.2) is 4.98 Å². The summed E-state index contributed by atoms with van der Waals surface area (Å²) in [5.74, 6) is 1.76. The number of benzene rings is 2. The Labute approximate surface area is 158 Å². The maximum Gasteiger partial charge on any atom is 0.226 e. The van der Waals surface area contributed by atoms with Crippen LogP contribution in [0, 0.1) is 5.82 Å². The van der Waals surface area contributed by atoms with Gasteiger partial charge >= 0.3 is 0 Å². The van der Waals surface area contributed by atoms with Gasteiger partial charge in [-0.3, -0.25) is 0 Å². The summed E-state index contributed by atoms with van der Waals surface area (Å²) in [5.41, 5.74) is 3.03. The molecule has 1 heterocycles. The molecule has 1 aliphatic rings. The van der Waals surface area contributed by atoms with Crippen molar-refractivity contribution < 1.29 is 8.81 Å². The average Bonchev–Trinajstić information content (AvgIpc) is 3.09. The molecule has 2 nitrogen and oxygen atoms in total. The van der Waals surface area contributed by atoms with E-state index in [1.165, 1.54) is 31.4 Å². The van der Waals surface area contributed by atoms with E-state index < -0.39 is 0 Å². The second kappa shape index (κ2) is 7.63. The van der Waals surface area contributed by atoms with Crippen molar-refractivity contribution in [2.45, 2.75) is 44.4 Å². The number of nitrogens with zero attached hydrogens (tertiary/aromatic N) is 1. The molecular weight excluding hydrogens is 349 g/mol. The Morgan fingerprint density at radius 3 is 2.35 bits per heavy atom. The maximum absolute atomic E-state index is 13.2. The van der Waals surface area contributed by atoms with Gasteiger partial charge in [0.25, 0.3) is 0 Å². The standard InChI is InChI=1S/C22H21ClFNO/c23-18-10-8-17(9-11-18)22-25-21(16-4-2-1-3-5-16)20(26-22)14-15-6-12-19(24)13-7-15/h6-13,16H,1-5,14H2. The lowest BCUT2D eigenvalue weighted by molar-refractivity contribution is 0.429. The zero-order valence-electron chi connectivity index (χ0n) is 14.6. The molecule has 0 bridgehead atoms. The lowest BCUT2D eigenvalue weighted by Gasteiger charge is -2.20. The van der Waals surface area contributed by atoms with Crippen LogP contribution in [0.2, 0.25) is 5.02 Å². The van der Waals surface area contributed by atoms with Gasteiger partial charge in [-0.25, -0.2) is 9.37 Å². The lowest BCUT2D eigenvalue weighted by atomic mass is 9.86. The van der Waals surface area contributed by atoms with Gasteiger partial charge in [0, 0.05) is 22.9 Å². The van der Waals surface area contributed by atoms with Gasteiger partial charge in [0.1, 0.15) is 11.6 Å². The van der Waals surface area contributed by atoms with E-state index in [-0.39, 0.29) is 5.82 Å². The molecule has 26 heavy (non-hydrogen) atoms. The van der Waals surface area contributed by atoms with Crippen LogP contribution in [0.5, 0.6) is 0 Å². The summed E-state index contributed by atoms with van der Waals surface area (Å²) in [4.78, 5) is 4.86. The molecule has 0 amide bonds. The Hall–Kier alpha value is -2.13. The molecule has 0 unspecified atom stereocenters. The minimum atomic E-state index is -0.222. The third-order valence-corrected chi connectivity index (χ3v) is 5.34. The van der Waals surface area contributed by atoms with Gasteiger partial charge in [0.2, 0.25) is 5.89 Å². The summed E-state index contributed by atoms with van der Waals surface area (Å²) >= 11 is 6.00. The summed E-state index contributed by atoms with van der Waals surface area (Å²) in [7, 11) is 0. The SMILES string of the molecule is Fc1ccc(Cc2oc(-c3ccc(Cl)cc3)nc2C2CCCCC2)cc1. The van der Waals surface area contributed by atoms with Crippen LogP contribution in [-0.2, 0) is 6.42 Å². The average molecular weight is 370 g/mol. The van der Waals surface area contributed by atoms with Gasteiger partial charge < -0.3 is 4.42 Å². The van der Waals surface area contributed by atoms with Crippen LogP contribution < -0.4 is 0 Å². The van der Waals surface area contributed by atoms with Crippen molar-refractivity contribution >= 4 is 11.6 Å². The van der Waals surface area contributed by atoms with Gasteiger partial charge in [-0.1, -0.05) is 43.0 Å². The van der Waals surface area contributed by atoms with Crippen molar-refractivity contribution in [2.75, 3.05) is 0 Å². The molecule has 0 atom stereocenters. The zero-order chi connectivity index (χ0) is 17.9. The Bertz CT molecular complexity index is 864. The topological polar surface area (TPSA) is 26.0 Å². The number of aromatic nitrogens is 1. The number of hydrogen-bond donors (Lipinski definition) is 0. The normalized spacial score (nSPS) is 15.3. The molecule has 4 heteroatoms. The van der Waals surface area contributed by atoms with Crippen LogP contribution in [0.3, 0.4) is 0 Å². The molecule has 1 aromatic heterocycles. The molecule has 0 saturated heterocycles. The molecule has 0 radical (unpaired) electrons. The minimum absolute atomic E-state index is 0.222. The zero-order valence-corrected chi connectivity index (χ0v) is 15.3.